The van der Waals surface area contributed by atoms with Gasteiger partial charge in [0.05, 0.1) is 0 Å². The molecule has 0 spiro atoms. The predicted octanol–water partition coefficient (Wildman–Crippen LogP) is 7.90. The van der Waals surface area contributed by atoms with Crippen molar-refractivity contribution in [3.05, 3.63) is 127 Å². The van der Waals surface area contributed by atoms with E-state index >= 15 is 0 Å². The zero-order valence-electron chi connectivity index (χ0n) is 19.9. The van der Waals surface area contributed by atoms with Crippen molar-refractivity contribution < 1.29 is 0 Å². The van der Waals surface area contributed by atoms with Crippen LogP contribution in [0.2, 0.25) is 0 Å². The topological polar surface area (TPSA) is 38.7 Å². The van der Waals surface area contributed by atoms with Gasteiger partial charge in [-0.05, 0) is 0 Å². The van der Waals surface area contributed by atoms with Crippen molar-refractivity contribution >= 4 is 35.1 Å². The molecule has 0 radical (unpaired) electrons. The van der Waals surface area contributed by atoms with E-state index in [1.54, 1.807) is 0 Å². The Bertz CT molecular complexity index is 1800. The van der Waals surface area contributed by atoms with Crippen LogP contribution in [-0.4, -0.2) is 29.5 Å². The van der Waals surface area contributed by atoms with Crippen LogP contribution in [0.15, 0.2) is 127 Å². The van der Waals surface area contributed by atoms with Crippen molar-refractivity contribution in [1.82, 2.24) is 15.0 Å². The maximum absolute atomic E-state index is 5.03. The Morgan fingerprint density at radius 2 is 1.03 bits per heavy atom. The number of fused-ring (bicyclic) bond motifs is 3. The first-order valence-corrected chi connectivity index (χ1v) is 13.9. The normalized spacial score (nSPS) is 11.2. The summed E-state index contributed by atoms with van der Waals surface area (Å²) in [7, 11) is 0. The minimum atomic E-state index is 0.136. The van der Waals surface area contributed by atoms with Gasteiger partial charge in [-0.15, -0.1) is 0 Å². The molecule has 174 valence electrons. The second kappa shape index (κ2) is 9.25. The van der Waals surface area contributed by atoms with Gasteiger partial charge in [0.25, 0.3) is 0 Å². The Morgan fingerprint density at radius 1 is 0.459 bits per heavy atom. The zero-order valence-corrected chi connectivity index (χ0v) is 21.6. The van der Waals surface area contributed by atoms with Crippen molar-refractivity contribution in [1.29, 1.82) is 0 Å². The molecule has 0 aliphatic heterocycles. The van der Waals surface area contributed by atoms with Crippen molar-refractivity contribution in [3.63, 3.8) is 0 Å². The third-order valence-electron chi connectivity index (χ3n) is 6.52. The first-order chi connectivity index (χ1) is 18.3. The van der Waals surface area contributed by atoms with Crippen molar-refractivity contribution in [2.45, 2.75) is 0 Å². The van der Waals surface area contributed by atoms with Crippen molar-refractivity contribution in [2.24, 2.45) is 0 Å². The van der Waals surface area contributed by atoms with Gasteiger partial charge in [-0.25, -0.2) is 0 Å². The number of benzene rings is 5. The minimum absolute atomic E-state index is 0.136. The summed E-state index contributed by atoms with van der Waals surface area (Å²) in [6, 6.07) is 44.1. The Hall–Kier alpha value is -4.37. The summed E-state index contributed by atoms with van der Waals surface area (Å²) in [6.45, 7) is 0. The first-order valence-electron chi connectivity index (χ1n) is 12.2. The van der Waals surface area contributed by atoms with E-state index < -0.39 is 0 Å². The fourth-order valence-electron chi connectivity index (χ4n) is 4.64. The van der Waals surface area contributed by atoms with Gasteiger partial charge in [0.15, 0.2) is 0 Å². The molecule has 2 heterocycles. The van der Waals surface area contributed by atoms with E-state index in [0.717, 1.165) is 39.4 Å². The van der Waals surface area contributed by atoms with E-state index in [-0.39, 0.29) is 14.5 Å². The van der Waals surface area contributed by atoms with Gasteiger partial charge in [-0.1, -0.05) is 0 Å². The summed E-state index contributed by atoms with van der Waals surface area (Å²) < 4.78 is 2.50. The van der Waals surface area contributed by atoms with Crippen LogP contribution in [0.25, 0.3) is 64.6 Å². The van der Waals surface area contributed by atoms with Gasteiger partial charge in [0.2, 0.25) is 0 Å². The summed E-state index contributed by atoms with van der Waals surface area (Å²) in [6.07, 6.45) is 0. The first kappa shape index (κ1) is 21.9. The van der Waals surface area contributed by atoms with Gasteiger partial charge in [-0.2, -0.15) is 0 Å². The fraction of sp³-hybridized carbons (Fsp3) is 0. The van der Waals surface area contributed by atoms with Gasteiger partial charge in [-0.3, -0.25) is 0 Å². The van der Waals surface area contributed by atoms with Gasteiger partial charge >= 0.3 is 221 Å². The second-order valence-electron chi connectivity index (χ2n) is 8.93. The van der Waals surface area contributed by atoms with Crippen LogP contribution >= 0.6 is 0 Å². The number of rotatable bonds is 4. The average Bonchev–Trinajstić information content (AvgIpc) is 3.43. The zero-order chi connectivity index (χ0) is 24.6. The van der Waals surface area contributed by atoms with Crippen LogP contribution in [0.4, 0.5) is 0 Å². The molecule has 7 rings (SSSR count). The maximum atomic E-state index is 5.03. The molecule has 3 nitrogen and oxygen atoms in total. The van der Waals surface area contributed by atoms with Gasteiger partial charge in [0, 0.05) is 0 Å². The fourth-order valence-corrected chi connectivity index (χ4v) is 6.94. The Labute approximate surface area is 220 Å². The van der Waals surface area contributed by atoms with Crippen LogP contribution in [-0.2, 0) is 0 Å². The Kier molecular flexibility index (Phi) is 5.47. The van der Waals surface area contributed by atoms with Crippen LogP contribution in [0, 0.1) is 0 Å². The van der Waals surface area contributed by atoms with Crippen LogP contribution in [0.5, 0.6) is 0 Å². The SMILES string of the molecule is c1ccc(-c2cc(-c3ccccc3)nc(-c3ccc4ccc5nc(-c6ccccc6)[se]c5c4c3)n2)cc1. The molecule has 0 saturated carbocycles. The van der Waals surface area contributed by atoms with E-state index in [0.29, 0.717) is 0 Å². The molecule has 0 fully saturated rings. The third kappa shape index (κ3) is 4.17. The van der Waals surface area contributed by atoms with Crippen molar-refractivity contribution in [3.8, 4) is 44.0 Å². The van der Waals surface area contributed by atoms with E-state index in [9.17, 15) is 0 Å². The number of hydrogen-bond donors (Lipinski definition) is 0. The molecule has 0 aliphatic carbocycles. The van der Waals surface area contributed by atoms with Crippen LogP contribution < -0.4 is 0 Å². The molecule has 0 amide bonds. The standard InChI is InChI=1S/C33H21N3Se/c1-4-10-23(11-5-1)29-21-30(24-12-6-2-7-13-24)35-32(34-29)26-17-16-22-18-19-28-31(27(22)20-26)37-33(36-28)25-14-8-3-9-15-25/h1-21H. The molecule has 5 aromatic carbocycles. The Morgan fingerprint density at radius 3 is 1.65 bits per heavy atom. The third-order valence-corrected chi connectivity index (χ3v) is 8.94. The Balaban J connectivity index is 1.42. The van der Waals surface area contributed by atoms with E-state index in [4.69, 9.17) is 15.0 Å². The molecule has 0 N–H and O–H groups in total. The van der Waals surface area contributed by atoms with E-state index in [1.807, 2.05) is 42.5 Å². The molecule has 7 aromatic rings. The average molecular weight is 539 g/mol. The second-order valence-corrected chi connectivity index (χ2v) is 11.0. The molecule has 0 atom stereocenters. The molecule has 0 saturated heterocycles. The molecule has 0 unspecified atom stereocenters. The molecular formula is C33H21N3Se. The summed E-state index contributed by atoms with van der Waals surface area (Å²) in [5, 5.41) is 2.45. The summed E-state index contributed by atoms with van der Waals surface area (Å²) >= 11 is 0.136. The number of nitrogens with zero attached hydrogens (tertiary/aromatic N) is 3. The van der Waals surface area contributed by atoms with E-state index in [2.05, 4.69) is 84.9 Å². The van der Waals surface area contributed by atoms with Crippen molar-refractivity contribution in [2.75, 3.05) is 0 Å². The number of aromatic nitrogens is 3. The molecule has 37 heavy (non-hydrogen) atoms. The van der Waals surface area contributed by atoms with Crippen LogP contribution in [0.3, 0.4) is 0 Å². The molecule has 0 aliphatic rings. The van der Waals surface area contributed by atoms with Gasteiger partial charge < -0.3 is 0 Å². The summed E-state index contributed by atoms with van der Waals surface area (Å²) in [4.78, 5) is 15.1. The monoisotopic (exact) mass is 539 g/mol. The molecule has 4 heteroatoms. The van der Waals surface area contributed by atoms with Crippen LogP contribution in [0.1, 0.15) is 0 Å². The quantitative estimate of drug-likeness (QED) is 0.214. The predicted molar refractivity (Wildman–Crippen MR) is 154 cm³/mol. The summed E-state index contributed by atoms with van der Waals surface area (Å²) in [5.41, 5.74) is 7.29. The molecular weight excluding hydrogens is 517 g/mol. The molecule has 2 aromatic heterocycles. The molecule has 0 bridgehead atoms. The van der Waals surface area contributed by atoms with E-state index in [1.165, 1.54) is 25.2 Å². The summed E-state index contributed by atoms with van der Waals surface area (Å²) in [5.74, 6) is 0.731. The van der Waals surface area contributed by atoms with Gasteiger partial charge in [0.1, 0.15) is 0 Å². The number of hydrogen-bond acceptors (Lipinski definition) is 3.